The third-order valence-electron chi connectivity index (χ3n) is 3.39. The highest BCUT2D eigenvalue weighted by Crippen LogP contribution is 2.23. The molecule has 2 unspecified atom stereocenters. The van der Waals surface area contributed by atoms with Crippen LogP contribution in [0.2, 0.25) is 0 Å². The van der Waals surface area contributed by atoms with Crippen LogP contribution < -0.4 is 0 Å². The van der Waals surface area contributed by atoms with Gasteiger partial charge in [-0.2, -0.15) is 0 Å². The minimum atomic E-state index is -0.736. The Morgan fingerprint density at radius 2 is 1.90 bits per heavy atom. The van der Waals surface area contributed by atoms with E-state index < -0.39 is 5.60 Å². The maximum Gasteiger partial charge on any atom is 0.306 e. The number of rotatable bonds is 11. The van der Waals surface area contributed by atoms with Crippen LogP contribution in [0.1, 0.15) is 59.8 Å². The molecule has 0 bridgehead atoms. The Bertz CT molecular complexity index is 293. The molecule has 4 nitrogen and oxygen atoms in total. The van der Waals surface area contributed by atoms with Crippen molar-refractivity contribution in [2.24, 2.45) is 5.92 Å². The number of ether oxygens (including phenoxy) is 2. The van der Waals surface area contributed by atoms with Gasteiger partial charge in [0.2, 0.25) is 0 Å². The fourth-order valence-corrected chi connectivity index (χ4v) is 2.20. The fraction of sp³-hybridized carbons (Fsp3) is 0.812. The quantitative estimate of drug-likeness (QED) is 0.546. The monoisotopic (exact) mass is 285 g/mol. The third-order valence-corrected chi connectivity index (χ3v) is 3.39. The van der Waals surface area contributed by atoms with E-state index in [-0.39, 0.29) is 17.7 Å². The smallest absolute Gasteiger partial charge is 0.306 e. The number of ketones is 1. The molecule has 0 spiro atoms. The molecule has 20 heavy (non-hydrogen) atoms. The highest BCUT2D eigenvalue weighted by Gasteiger charge is 2.32. The highest BCUT2D eigenvalue weighted by molar-refractivity contribution is 5.87. The van der Waals surface area contributed by atoms with Gasteiger partial charge < -0.3 is 9.47 Å². The third kappa shape index (κ3) is 7.04. The largest absolute Gasteiger partial charge is 0.466 e. The van der Waals surface area contributed by atoms with E-state index in [0.717, 1.165) is 0 Å². The summed E-state index contributed by atoms with van der Waals surface area (Å²) in [4.78, 5) is 23.7. The first-order chi connectivity index (χ1) is 9.39. The van der Waals surface area contributed by atoms with Crippen molar-refractivity contribution in [3.05, 3.63) is 6.92 Å². The van der Waals surface area contributed by atoms with Crippen molar-refractivity contribution in [2.45, 2.75) is 65.4 Å². The fourth-order valence-electron chi connectivity index (χ4n) is 2.20. The molecule has 0 saturated carbocycles. The van der Waals surface area contributed by atoms with Crippen LogP contribution >= 0.6 is 0 Å². The summed E-state index contributed by atoms with van der Waals surface area (Å²) in [5.74, 6) is 0.0418. The summed E-state index contributed by atoms with van der Waals surface area (Å²) < 4.78 is 10.5. The summed E-state index contributed by atoms with van der Waals surface area (Å²) in [6.07, 6.45) is 2.77. The molecule has 0 aliphatic heterocycles. The molecule has 117 valence electrons. The second-order valence-corrected chi connectivity index (χ2v) is 5.34. The van der Waals surface area contributed by atoms with Crippen molar-refractivity contribution < 1.29 is 19.1 Å². The molecule has 1 radical (unpaired) electrons. The molecule has 0 amide bonds. The van der Waals surface area contributed by atoms with Crippen LogP contribution in [0.3, 0.4) is 0 Å². The number of carbonyl (C=O) groups is 2. The lowest BCUT2D eigenvalue weighted by atomic mass is 9.89. The van der Waals surface area contributed by atoms with E-state index in [1.165, 1.54) is 0 Å². The van der Waals surface area contributed by atoms with Crippen LogP contribution in [0.4, 0.5) is 0 Å². The van der Waals surface area contributed by atoms with Crippen LogP contribution in [0.25, 0.3) is 0 Å². The summed E-state index contributed by atoms with van der Waals surface area (Å²) in [5, 5.41) is 0. The van der Waals surface area contributed by atoms with Gasteiger partial charge in [0.15, 0.2) is 5.78 Å². The van der Waals surface area contributed by atoms with Crippen molar-refractivity contribution in [1.82, 2.24) is 0 Å². The minimum Gasteiger partial charge on any atom is -0.466 e. The summed E-state index contributed by atoms with van der Waals surface area (Å²) >= 11 is 0. The minimum absolute atomic E-state index is 0.0960. The van der Waals surface area contributed by atoms with Gasteiger partial charge in [-0.25, -0.2) is 0 Å². The van der Waals surface area contributed by atoms with Crippen molar-refractivity contribution in [3.63, 3.8) is 0 Å². The Kier molecular flexibility index (Phi) is 9.47. The number of carbonyl (C=O) groups excluding carboxylic acids is 2. The van der Waals surface area contributed by atoms with Gasteiger partial charge in [-0.1, -0.05) is 20.3 Å². The number of Topliss-reactive ketones (excluding diaryl/α,β-unsaturated/α-hetero) is 1. The van der Waals surface area contributed by atoms with E-state index in [1.54, 1.807) is 6.92 Å². The SMILES string of the molecule is [CH2]CCC(C)(OCC)C(=O)CCC(C)CC(=O)OCC. The van der Waals surface area contributed by atoms with Crippen LogP contribution in [-0.4, -0.2) is 30.6 Å². The lowest BCUT2D eigenvalue weighted by molar-refractivity contribution is -0.145. The second kappa shape index (κ2) is 9.92. The first-order valence-corrected chi connectivity index (χ1v) is 7.51. The number of hydrogen-bond donors (Lipinski definition) is 0. The normalized spacial score (nSPS) is 15.4. The maximum atomic E-state index is 12.3. The first kappa shape index (κ1) is 19.1. The van der Waals surface area contributed by atoms with Crippen molar-refractivity contribution in [3.8, 4) is 0 Å². The molecule has 0 heterocycles. The van der Waals surface area contributed by atoms with Gasteiger partial charge in [-0.15, -0.1) is 0 Å². The highest BCUT2D eigenvalue weighted by atomic mass is 16.5. The van der Waals surface area contributed by atoms with Crippen LogP contribution in [-0.2, 0) is 19.1 Å². The average molecular weight is 285 g/mol. The Labute approximate surface area is 123 Å². The second-order valence-electron chi connectivity index (χ2n) is 5.34. The van der Waals surface area contributed by atoms with Crippen LogP contribution in [0.15, 0.2) is 0 Å². The molecule has 0 aromatic carbocycles. The lowest BCUT2D eigenvalue weighted by Gasteiger charge is -2.28. The van der Waals surface area contributed by atoms with Gasteiger partial charge in [-0.05, 0) is 39.5 Å². The summed E-state index contributed by atoms with van der Waals surface area (Å²) in [6.45, 7) is 12.2. The molecule has 0 fully saturated rings. The molecule has 0 aromatic heterocycles. The van der Waals surface area contributed by atoms with Gasteiger partial charge in [-0.3, -0.25) is 9.59 Å². The van der Waals surface area contributed by atoms with Gasteiger partial charge in [0.1, 0.15) is 5.60 Å². The molecule has 0 rings (SSSR count). The zero-order chi connectivity index (χ0) is 15.6. The van der Waals surface area contributed by atoms with E-state index >= 15 is 0 Å². The van der Waals surface area contributed by atoms with Crippen LogP contribution in [0, 0.1) is 12.8 Å². The lowest BCUT2D eigenvalue weighted by Crippen LogP contribution is -2.38. The molecule has 0 saturated heterocycles. The Balaban J connectivity index is 4.27. The summed E-state index contributed by atoms with van der Waals surface area (Å²) in [7, 11) is 0. The van der Waals surface area contributed by atoms with E-state index in [1.807, 2.05) is 20.8 Å². The van der Waals surface area contributed by atoms with Gasteiger partial charge in [0.25, 0.3) is 0 Å². The Morgan fingerprint density at radius 1 is 1.25 bits per heavy atom. The van der Waals surface area contributed by atoms with E-state index in [4.69, 9.17) is 9.47 Å². The molecule has 4 heteroatoms. The van der Waals surface area contributed by atoms with Crippen LogP contribution in [0.5, 0.6) is 0 Å². The topological polar surface area (TPSA) is 52.6 Å². The van der Waals surface area contributed by atoms with Crippen molar-refractivity contribution in [2.75, 3.05) is 13.2 Å². The summed E-state index contributed by atoms with van der Waals surface area (Å²) in [5.41, 5.74) is -0.736. The molecular formula is C16H29O4. The first-order valence-electron chi connectivity index (χ1n) is 7.51. The maximum absolute atomic E-state index is 12.3. The number of esters is 1. The molecular weight excluding hydrogens is 256 g/mol. The van der Waals surface area contributed by atoms with E-state index in [0.29, 0.717) is 45.3 Å². The Hall–Kier alpha value is -0.900. The predicted octanol–water partition coefficient (Wildman–Crippen LogP) is 3.33. The number of hydrogen-bond acceptors (Lipinski definition) is 4. The summed E-state index contributed by atoms with van der Waals surface area (Å²) in [6, 6.07) is 0. The average Bonchev–Trinajstić information content (AvgIpc) is 2.36. The molecule has 0 aromatic rings. The van der Waals surface area contributed by atoms with Gasteiger partial charge in [0, 0.05) is 19.4 Å². The molecule has 0 aliphatic carbocycles. The zero-order valence-corrected chi connectivity index (χ0v) is 13.4. The Morgan fingerprint density at radius 3 is 2.40 bits per heavy atom. The zero-order valence-electron chi connectivity index (χ0n) is 13.4. The molecule has 0 N–H and O–H groups in total. The van der Waals surface area contributed by atoms with Gasteiger partial charge in [0.05, 0.1) is 6.61 Å². The molecule has 0 aliphatic rings. The van der Waals surface area contributed by atoms with Gasteiger partial charge >= 0.3 is 5.97 Å². The van der Waals surface area contributed by atoms with E-state index in [9.17, 15) is 9.59 Å². The molecule has 2 atom stereocenters. The van der Waals surface area contributed by atoms with Crippen molar-refractivity contribution in [1.29, 1.82) is 0 Å². The standard InChI is InChI=1S/C16H29O4/c1-6-11-16(5,20-8-3)14(17)10-9-13(4)12-15(18)19-7-2/h13H,1,6-12H2,2-5H3. The van der Waals surface area contributed by atoms with Crippen molar-refractivity contribution >= 4 is 11.8 Å². The predicted molar refractivity (Wildman–Crippen MR) is 79.3 cm³/mol. The van der Waals surface area contributed by atoms with E-state index in [2.05, 4.69) is 6.92 Å².